The number of aromatic amines is 1. The number of hydrogen-bond donors (Lipinski definition) is 2. The van der Waals surface area contributed by atoms with Gasteiger partial charge in [0, 0.05) is 6.04 Å². The van der Waals surface area contributed by atoms with Gasteiger partial charge in [-0.2, -0.15) is 0 Å². The smallest absolute Gasteiger partial charge is 0.331 e. The van der Waals surface area contributed by atoms with Gasteiger partial charge in [0.15, 0.2) is 0 Å². The van der Waals surface area contributed by atoms with Crippen LogP contribution in [0, 0.1) is 6.92 Å². The van der Waals surface area contributed by atoms with Gasteiger partial charge in [0.1, 0.15) is 0 Å². The summed E-state index contributed by atoms with van der Waals surface area (Å²) in [5.74, 6) is -0.266. The number of hydrogen-bond acceptors (Lipinski definition) is 3. The molecule has 2 aromatic rings. The van der Waals surface area contributed by atoms with Crippen LogP contribution in [-0.4, -0.2) is 14.7 Å². The highest BCUT2D eigenvalue weighted by Crippen LogP contribution is 2.18. The van der Waals surface area contributed by atoms with E-state index in [0.29, 0.717) is 6.42 Å². The third-order valence-electron chi connectivity index (χ3n) is 3.16. The molecule has 0 spiro atoms. The molecule has 5 nitrogen and oxygen atoms in total. The van der Waals surface area contributed by atoms with Crippen molar-refractivity contribution in [2.45, 2.75) is 26.3 Å². The van der Waals surface area contributed by atoms with Crippen LogP contribution in [0.15, 0.2) is 39.9 Å². The minimum absolute atomic E-state index is 0.152. The summed E-state index contributed by atoms with van der Waals surface area (Å²) >= 11 is 0. The van der Waals surface area contributed by atoms with E-state index in [2.05, 4.69) is 4.98 Å². The number of benzene rings is 1. The predicted molar refractivity (Wildman–Crippen MR) is 72.6 cm³/mol. The van der Waals surface area contributed by atoms with Crippen molar-refractivity contribution in [2.75, 3.05) is 0 Å². The number of nitrogens with zero attached hydrogens (tertiary/aromatic N) is 1. The quantitative estimate of drug-likeness (QED) is 0.874. The standard InChI is InChI=1S/C14H16N2O3/c1-9(8-11-6-4-3-5-7-11)16-13(18)10(2)12(17)15-14(16)19/h3-7,9,18H,8H2,1-2H3,(H,15,17,19). The lowest BCUT2D eigenvalue weighted by atomic mass is 10.1. The second-order valence-corrected chi connectivity index (χ2v) is 4.62. The minimum Gasteiger partial charge on any atom is -0.494 e. The van der Waals surface area contributed by atoms with Gasteiger partial charge in [-0.3, -0.25) is 14.3 Å². The topological polar surface area (TPSA) is 75.1 Å². The van der Waals surface area contributed by atoms with Crippen LogP contribution in [0.2, 0.25) is 0 Å². The Bertz CT molecular complexity index is 686. The Morgan fingerprint density at radius 2 is 1.89 bits per heavy atom. The maximum Gasteiger partial charge on any atom is 0.331 e. The van der Waals surface area contributed by atoms with Crippen LogP contribution in [-0.2, 0) is 6.42 Å². The van der Waals surface area contributed by atoms with Crippen LogP contribution in [0.5, 0.6) is 5.88 Å². The van der Waals surface area contributed by atoms with Gasteiger partial charge in [0.25, 0.3) is 5.56 Å². The van der Waals surface area contributed by atoms with Gasteiger partial charge in [-0.1, -0.05) is 30.3 Å². The van der Waals surface area contributed by atoms with Crippen LogP contribution in [0.4, 0.5) is 0 Å². The molecule has 0 amide bonds. The number of H-pyrrole nitrogens is 1. The van der Waals surface area contributed by atoms with Crippen molar-refractivity contribution in [2.24, 2.45) is 0 Å². The average Bonchev–Trinajstić information content (AvgIpc) is 2.37. The van der Waals surface area contributed by atoms with Gasteiger partial charge in [0.05, 0.1) is 5.56 Å². The number of aromatic nitrogens is 2. The van der Waals surface area contributed by atoms with Crippen molar-refractivity contribution >= 4 is 0 Å². The highest BCUT2D eigenvalue weighted by Gasteiger charge is 2.15. The summed E-state index contributed by atoms with van der Waals surface area (Å²) in [7, 11) is 0. The first-order valence-electron chi connectivity index (χ1n) is 6.09. The molecule has 0 saturated carbocycles. The Morgan fingerprint density at radius 3 is 2.53 bits per heavy atom. The lowest BCUT2D eigenvalue weighted by Gasteiger charge is -2.17. The summed E-state index contributed by atoms with van der Waals surface area (Å²) in [4.78, 5) is 25.4. The van der Waals surface area contributed by atoms with Gasteiger partial charge < -0.3 is 5.11 Å². The van der Waals surface area contributed by atoms with Crippen LogP contribution in [0.25, 0.3) is 0 Å². The molecular weight excluding hydrogens is 244 g/mol. The number of aromatic hydroxyl groups is 1. The molecule has 2 rings (SSSR count). The lowest BCUT2D eigenvalue weighted by molar-refractivity contribution is 0.366. The molecule has 0 aliphatic carbocycles. The SMILES string of the molecule is Cc1c(O)n(C(C)Cc2ccccc2)c(=O)[nH]c1=O. The molecular formula is C14H16N2O3. The van der Waals surface area contributed by atoms with E-state index in [4.69, 9.17) is 0 Å². The fraction of sp³-hybridized carbons (Fsp3) is 0.286. The van der Waals surface area contributed by atoms with Crippen LogP contribution >= 0.6 is 0 Å². The monoisotopic (exact) mass is 260 g/mol. The van der Waals surface area contributed by atoms with Crippen molar-refractivity contribution in [3.8, 4) is 5.88 Å². The Morgan fingerprint density at radius 1 is 1.26 bits per heavy atom. The minimum atomic E-state index is -0.587. The summed E-state index contributed by atoms with van der Waals surface area (Å²) in [6.07, 6.45) is 0.597. The molecule has 1 aromatic carbocycles. The highest BCUT2D eigenvalue weighted by atomic mass is 16.3. The molecule has 5 heteroatoms. The molecule has 100 valence electrons. The Hall–Kier alpha value is -2.30. The first-order valence-corrected chi connectivity index (χ1v) is 6.09. The van der Waals surface area contributed by atoms with Gasteiger partial charge >= 0.3 is 5.69 Å². The third-order valence-corrected chi connectivity index (χ3v) is 3.16. The number of nitrogens with one attached hydrogen (secondary N) is 1. The van der Waals surface area contributed by atoms with Crippen LogP contribution in [0.3, 0.4) is 0 Å². The summed E-state index contributed by atoms with van der Waals surface area (Å²) < 4.78 is 1.21. The van der Waals surface area contributed by atoms with Crippen molar-refractivity contribution in [1.29, 1.82) is 0 Å². The van der Waals surface area contributed by atoms with Gasteiger partial charge in [-0.05, 0) is 25.8 Å². The molecule has 2 N–H and O–H groups in total. The van der Waals surface area contributed by atoms with Gasteiger partial charge in [0.2, 0.25) is 5.88 Å². The zero-order valence-electron chi connectivity index (χ0n) is 10.9. The van der Waals surface area contributed by atoms with Crippen molar-refractivity contribution < 1.29 is 5.11 Å². The molecule has 0 aliphatic heterocycles. The molecule has 1 aromatic heterocycles. The molecule has 0 radical (unpaired) electrons. The van der Waals surface area contributed by atoms with E-state index in [1.165, 1.54) is 11.5 Å². The lowest BCUT2D eigenvalue weighted by Crippen LogP contribution is -2.33. The fourth-order valence-electron chi connectivity index (χ4n) is 2.08. The predicted octanol–water partition coefficient (Wildman–Crippen LogP) is 1.35. The van der Waals surface area contributed by atoms with Crippen LogP contribution < -0.4 is 11.2 Å². The first kappa shape index (κ1) is 13.1. The molecule has 1 heterocycles. The third kappa shape index (κ3) is 2.59. The molecule has 19 heavy (non-hydrogen) atoms. The summed E-state index contributed by atoms with van der Waals surface area (Å²) in [5.41, 5.74) is 0.0758. The fourth-order valence-corrected chi connectivity index (χ4v) is 2.08. The molecule has 1 atom stereocenters. The van der Waals surface area contributed by atoms with Crippen molar-refractivity contribution in [3.05, 3.63) is 62.3 Å². The molecule has 0 fully saturated rings. The zero-order valence-corrected chi connectivity index (χ0v) is 10.9. The Kier molecular flexibility index (Phi) is 3.55. The maximum atomic E-state index is 11.8. The molecule has 1 unspecified atom stereocenters. The number of rotatable bonds is 3. The van der Waals surface area contributed by atoms with Gasteiger partial charge in [-0.15, -0.1) is 0 Å². The zero-order chi connectivity index (χ0) is 14.0. The molecule has 0 bridgehead atoms. The van der Waals surface area contributed by atoms with E-state index in [-0.39, 0.29) is 17.5 Å². The van der Waals surface area contributed by atoms with Crippen molar-refractivity contribution in [1.82, 2.24) is 9.55 Å². The Balaban J connectivity index is 2.40. The Labute approximate surface area is 110 Å². The van der Waals surface area contributed by atoms with E-state index in [1.54, 1.807) is 0 Å². The normalized spacial score (nSPS) is 12.3. The maximum absolute atomic E-state index is 11.8. The van der Waals surface area contributed by atoms with E-state index < -0.39 is 11.2 Å². The van der Waals surface area contributed by atoms with E-state index in [1.807, 2.05) is 37.3 Å². The second kappa shape index (κ2) is 5.14. The van der Waals surface area contributed by atoms with E-state index in [9.17, 15) is 14.7 Å². The molecule has 0 saturated heterocycles. The summed E-state index contributed by atoms with van der Waals surface area (Å²) in [5, 5.41) is 9.95. The van der Waals surface area contributed by atoms with E-state index >= 15 is 0 Å². The average molecular weight is 260 g/mol. The van der Waals surface area contributed by atoms with Gasteiger partial charge in [-0.25, -0.2) is 4.79 Å². The second-order valence-electron chi connectivity index (χ2n) is 4.62. The largest absolute Gasteiger partial charge is 0.494 e. The first-order chi connectivity index (χ1) is 9.00. The molecule has 0 aliphatic rings. The van der Waals surface area contributed by atoms with E-state index in [0.717, 1.165) is 5.56 Å². The van der Waals surface area contributed by atoms with Crippen molar-refractivity contribution in [3.63, 3.8) is 0 Å². The van der Waals surface area contributed by atoms with Crippen LogP contribution in [0.1, 0.15) is 24.1 Å². The summed E-state index contributed by atoms with van der Waals surface area (Å²) in [6, 6.07) is 9.42. The highest BCUT2D eigenvalue weighted by molar-refractivity contribution is 5.22. The summed E-state index contributed by atoms with van der Waals surface area (Å²) in [6.45, 7) is 3.31.